The average molecular weight is 437 g/mol. The van der Waals surface area contributed by atoms with Crippen molar-refractivity contribution >= 4 is 43.5 Å². The Bertz CT molecular complexity index is 694. The van der Waals surface area contributed by atoms with Crippen LogP contribution in [0.5, 0.6) is 11.5 Å². The largest absolute Gasteiger partial charge is 0.486 e. The molecule has 0 bridgehead atoms. The van der Waals surface area contributed by atoms with Gasteiger partial charge in [0.05, 0.1) is 5.38 Å². The number of ether oxygens (including phenoxy) is 2. The molecule has 1 aliphatic heterocycles. The van der Waals surface area contributed by atoms with Crippen molar-refractivity contribution in [3.05, 3.63) is 56.2 Å². The fraction of sp³-hybridized carbons (Fsp3) is 0.200. The fourth-order valence-electron chi connectivity index (χ4n) is 2.15. The lowest BCUT2D eigenvalue weighted by Gasteiger charge is -2.21. The molecule has 0 saturated heterocycles. The minimum atomic E-state index is -0.632. The van der Waals surface area contributed by atoms with Crippen molar-refractivity contribution in [2.75, 3.05) is 13.2 Å². The fourth-order valence-corrected chi connectivity index (χ4v) is 3.56. The number of hydrogen-bond donors (Lipinski definition) is 0. The van der Waals surface area contributed by atoms with Crippen LogP contribution in [0.25, 0.3) is 0 Å². The third kappa shape index (κ3) is 3.05. The van der Waals surface area contributed by atoms with Gasteiger partial charge < -0.3 is 9.47 Å². The van der Waals surface area contributed by atoms with Gasteiger partial charge in [0.25, 0.3) is 0 Å². The van der Waals surface area contributed by atoms with Crippen molar-refractivity contribution in [2.24, 2.45) is 0 Å². The van der Waals surface area contributed by atoms with Crippen LogP contribution in [0.3, 0.4) is 0 Å². The number of alkyl halides is 1. The van der Waals surface area contributed by atoms with E-state index >= 15 is 0 Å². The normalized spacial score (nSPS) is 14.9. The molecule has 0 saturated carbocycles. The van der Waals surface area contributed by atoms with Crippen LogP contribution in [-0.2, 0) is 0 Å². The predicted octanol–water partition coefficient (Wildman–Crippen LogP) is 5.45. The lowest BCUT2D eigenvalue weighted by atomic mass is 10.0. The summed E-state index contributed by atoms with van der Waals surface area (Å²) in [5.41, 5.74) is 1.14. The van der Waals surface area contributed by atoms with Crippen molar-refractivity contribution < 1.29 is 13.9 Å². The summed E-state index contributed by atoms with van der Waals surface area (Å²) >= 11 is 13.3. The molecule has 0 fully saturated rings. The van der Waals surface area contributed by atoms with E-state index in [1.807, 2.05) is 0 Å². The van der Waals surface area contributed by atoms with Crippen LogP contribution < -0.4 is 9.47 Å². The minimum Gasteiger partial charge on any atom is -0.486 e. The summed E-state index contributed by atoms with van der Waals surface area (Å²) in [6.07, 6.45) is 0. The Morgan fingerprint density at radius 2 is 1.67 bits per heavy atom. The lowest BCUT2D eigenvalue weighted by molar-refractivity contribution is 0.171. The molecular weight excluding hydrogens is 426 g/mol. The molecule has 2 aromatic carbocycles. The van der Waals surface area contributed by atoms with E-state index in [2.05, 4.69) is 31.9 Å². The predicted molar refractivity (Wildman–Crippen MR) is 86.9 cm³/mol. The molecule has 3 rings (SSSR count). The molecule has 1 aliphatic rings. The number of benzene rings is 2. The van der Waals surface area contributed by atoms with Gasteiger partial charge in [-0.2, -0.15) is 0 Å². The lowest BCUT2D eigenvalue weighted by Crippen LogP contribution is -2.15. The second kappa shape index (κ2) is 6.15. The van der Waals surface area contributed by atoms with E-state index in [1.165, 1.54) is 6.07 Å². The second-order valence-electron chi connectivity index (χ2n) is 4.55. The zero-order valence-corrected chi connectivity index (χ0v) is 14.6. The summed E-state index contributed by atoms with van der Waals surface area (Å²) in [4.78, 5) is 0. The van der Waals surface area contributed by atoms with Gasteiger partial charge in [-0.05, 0) is 35.9 Å². The molecular formula is C15H10Br2ClFO2. The maximum Gasteiger partial charge on any atom is 0.162 e. The van der Waals surface area contributed by atoms with Crippen LogP contribution in [-0.4, -0.2) is 13.2 Å². The van der Waals surface area contributed by atoms with Crippen LogP contribution in [0, 0.1) is 5.82 Å². The van der Waals surface area contributed by atoms with Crippen molar-refractivity contribution in [2.45, 2.75) is 5.38 Å². The van der Waals surface area contributed by atoms with Crippen LogP contribution >= 0.6 is 43.5 Å². The smallest absolute Gasteiger partial charge is 0.162 e. The van der Waals surface area contributed by atoms with Gasteiger partial charge >= 0.3 is 0 Å². The van der Waals surface area contributed by atoms with Crippen molar-refractivity contribution in [1.82, 2.24) is 0 Å². The highest BCUT2D eigenvalue weighted by Gasteiger charge is 2.22. The zero-order chi connectivity index (χ0) is 15.0. The highest BCUT2D eigenvalue weighted by molar-refractivity contribution is 9.10. The van der Waals surface area contributed by atoms with Crippen LogP contribution in [0.15, 0.2) is 39.3 Å². The second-order valence-corrected chi connectivity index (χ2v) is 6.75. The number of fused-ring (bicyclic) bond motifs is 1. The van der Waals surface area contributed by atoms with Gasteiger partial charge in [-0.15, -0.1) is 11.6 Å². The average Bonchev–Trinajstić information content (AvgIpc) is 2.48. The number of hydrogen-bond acceptors (Lipinski definition) is 2. The third-order valence-corrected chi connectivity index (χ3v) is 4.82. The van der Waals surface area contributed by atoms with Crippen LogP contribution in [0.2, 0.25) is 0 Å². The summed E-state index contributed by atoms with van der Waals surface area (Å²) < 4.78 is 26.6. The van der Waals surface area contributed by atoms with Gasteiger partial charge in [0.15, 0.2) is 11.5 Å². The Morgan fingerprint density at radius 1 is 1.00 bits per heavy atom. The van der Waals surface area contributed by atoms with E-state index in [0.29, 0.717) is 30.3 Å². The summed E-state index contributed by atoms with van der Waals surface area (Å²) in [6.45, 7) is 1.01. The Kier molecular flexibility index (Phi) is 4.43. The van der Waals surface area contributed by atoms with E-state index in [-0.39, 0.29) is 5.82 Å². The molecule has 2 nitrogen and oxygen atoms in total. The van der Waals surface area contributed by atoms with Crippen molar-refractivity contribution in [3.63, 3.8) is 0 Å². The molecule has 110 valence electrons. The molecule has 0 spiro atoms. The van der Waals surface area contributed by atoms with Crippen molar-refractivity contribution in [1.29, 1.82) is 0 Å². The van der Waals surface area contributed by atoms with E-state index < -0.39 is 5.38 Å². The van der Waals surface area contributed by atoms with Gasteiger partial charge in [-0.25, -0.2) is 4.39 Å². The molecule has 0 aromatic heterocycles. The number of halogens is 4. The summed E-state index contributed by atoms with van der Waals surface area (Å²) in [6, 6.07) is 8.30. The molecule has 1 atom stereocenters. The SMILES string of the molecule is Fc1ccc(Br)cc1C(Cl)c1cc2c(cc1Br)OCCO2. The van der Waals surface area contributed by atoms with E-state index in [4.69, 9.17) is 21.1 Å². The first kappa shape index (κ1) is 15.1. The first-order valence-electron chi connectivity index (χ1n) is 6.24. The molecule has 1 heterocycles. The zero-order valence-electron chi connectivity index (χ0n) is 10.7. The standard InChI is InChI=1S/C15H10Br2ClFO2/c16-8-1-2-12(19)10(5-8)15(18)9-6-13-14(7-11(9)17)21-4-3-20-13/h1-2,5-7,15H,3-4H2. The van der Waals surface area contributed by atoms with Gasteiger partial charge in [-0.1, -0.05) is 31.9 Å². The maximum absolute atomic E-state index is 14.0. The molecule has 0 amide bonds. The molecule has 2 aromatic rings. The maximum atomic E-state index is 14.0. The quantitative estimate of drug-likeness (QED) is 0.583. The van der Waals surface area contributed by atoms with Gasteiger partial charge in [0, 0.05) is 14.5 Å². The summed E-state index contributed by atoms with van der Waals surface area (Å²) in [5.74, 6) is 0.941. The first-order valence-corrected chi connectivity index (χ1v) is 8.26. The Balaban J connectivity index is 2.05. The van der Waals surface area contributed by atoms with E-state index in [1.54, 1.807) is 24.3 Å². The van der Waals surface area contributed by atoms with Gasteiger partial charge in [0.2, 0.25) is 0 Å². The number of rotatable bonds is 2. The Labute approximate surface area is 143 Å². The monoisotopic (exact) mass is 434 g/mol. The molecule has 6 heteroatoms. The molecule has 1 unspecified atom stereocenters. The molecule has 0 N–H and O–H groups in total. The van der Waals surface area contributed by atoms with Crippen molar-refractivity contribution in [3.8, 4) is 11.5 Å². The van der Waals surface area contributed by atoms with Gasteiger partial charge in [-0.3, -0.25) is 0 Å². The Morgan fingerprint density at radius 3 is 2.38 bits per heavy atom. The Hall–Kier alpha value is -0.780. The van der Waals surface area contributed by atoms with Crippen LogP contribution in [0.4, 0.5) is 4.39 Å². The topological polar surface area (TPSA) is 18.5 Å². The summed E-state index contributed by atoms with van der Waals surface area (Å²) in [7, 11) is 0. The molecule has 0 radical (unpaired) electrons. The summed E-state index contributed by atoms with van der Waals surface area (Å²) in [5, 5.41) is -0.632. The minimum absolute atomic E-state index is 0.347. The highest BCUT2D eigenvalue weighted by Crippen LogP contribution is 2.42. The van der Waals surface area contributed by atoms with E-state index in [9.17, 15) is 4.39 Å². The van der Waals surface area contributed by atoms with E-state index in [0.717, 1.165) is 14.5 Å². The first-order chi connectivity index (χ1) is 10.1. The third-order valence-electron chi connectivity index (χ3n) is 3.17. The van der Waals surface area contributed by atoms with Crippen LogP contribution in [0.1, 0.15) is 16.5 Å². The highest BCUT2D eigenvalue weighted by atomic mass is 79.9. The molecule has 21 heavy (non-hydrogen) atoms. The van der Waals surface area contributed by atoms with Gasteiger partial charge in [0.1, 0.15) is 19.0 Å². The molecule has 0 aliphatic carbocycles.